The largest absolute Gasteiger partial charge is 0.334 e. The molecule has 0 aromatic heterocycles. The summed E-state index contributed by atoms with van der Waals surface area (Å²) in [5, 5.41) is 0. The SMILES string of the molecule is CC[C@H](C)[C@H](N)C(=O)N(Cc1ccccc1)C(C)C1CC1. The molecule has 21 heavy (non-hydrogen) atoms. The van der Waals surface area contributed by atoms with E-state index in [1.165, 1.54) is 18.4 Å². The van der Waals surface area contributed by atoms with Gasteiger partial charge < -0.3 is 10.6 Å². The molecular weight excluding hydrogens is 260 g/mol. The van der Waals surface area contributed by atoms with Gasteiger partial charge in [-0.05, 0) is 37.2 Å². The van der Waals surface area contributed by atoms with Crippen molar-refractivity contribution in [1.82, 2.24) is 4.90 Å². The standard InChI is InChI=1S/C18H28N2O/c1-4-13(2)17(19)18(21)20(14(3)16-10-11-16)12-15-8-6-5-7-9-15/h5-9,13-14,16-17H,4,10-12,19H2,1-3H3/t13-,14?,17-/m0/s1. The minimum atomic E-state index is -0.389. The minimum absolute atomic E-state index is 0.104. The van der Waals surface area contributed by atoms with Crippen molar-refractivity contribution >= 4 is 5.91 Å². The van der Waals surface area contributed by atoms with Crippen LogP contribution in [-0.4, -0.2) is 22.9 Å². The summed E-state index contributed by atoms with van der Waals surface area (Å²) >= 11 is 0. The van der Waals surface area contributed by atoms with Gasteiger partial charge in [0.2, 0.25) is 5.91 Å². The summed E-state index contributed by atoms with van der Waals surface area (Å²) < 4.78 is 0. The molecule has 3 heteroatoms. The van der Waals surface area contributed by atoms with Crippen molar-refractivity contribution < 1.29 is 4.79 Å². The molecule has 1 amide bonds. The molecule has 1 aliphatic rings. The third kappa shape index (κ3) is 4.07. The zero-order valence-corrected chi connectivity index (χ0v) is 13.5. The van der Waals surface area contributed by atoms with Crippen LogP contribution in [0.4, 0.5) is 0 Å². The minimum Gasteiger partial charge on any atom is -0.334 e. The van der Waals surface area contributed by atoms with Crippen LogP contribution in [-0.2, 0) is 11.3 Å². The zero-order valence-electron chi connectivity index (χ0n) is 13.5. The Kier molecular flexibility index (Phi) is 5.40. The first-order valence-electron chi connectivity index (χ1n) is 8.14. The van der Waals surface area contributed by atoms with E-state index in [1.807, 2.05) is 23.1 Å². The molecule has 1 aromatic rings. The van der Waals surface area contributed by atoms with Crippen molar-refractivity contribution in [2.75, 3.05) is 0 Å². The highest BCUT2D eigenvalue weighted by atomic mass is 16.2. The zero-order chi connectivity index (χ0) is 15.4. The molecule has 0 saturated heterocycles. The van der Waals surface area contributed by atoms with Gasteiger partial charge in [0.25, 0.3) is 0 Å². The smallest absolute Gasteiger partial charge is 0.240 e. The predicted octanol–water partition coefficient (Wildman–Crippen LogP) is 3.19. The second kappa shape index (κ2) is 7.08. The van der Waals surface area contributed by atoms with Crippen LogP contribution in [0.5, 0.6) is 0 Å². The van der Waals surface area contributed by atoms with E-state index >= 15 is 0 Å². The molecule has 0 radical (unpaired) electrons. The monoisotopic (exact) mass is 288 g/mol. The van der Waals surface area contributed by atoms with E-state index in [0.717, 1.165) is 6.42 Å². The molecule has 1 unspecified atom stereocenters. The summed E-state index contributed by atoms with van der Waals surface area (Å²) in [5.41, 5.74) is 7.37. The van der Waals surface area contributed by atoms with Crippen molar-refractivity contribution in [1.29, 1.82) is 0 Å². The van der Waals surface area contributed by atoms with E-state index in [9.17, 15) is 4.79 Å². The van der Waals surface area contributed by atoms with Gasteiger partial charge in [0, 0.05) is 12.6 Å². The van der Waals surface area contributed by atoms with E-state index in [2.05, 4.69) is 32.9 Å². The second-order valence-electron chi connectivity index (χ2n) is 6.44. The van der Waals surface area contributed by atoms with Crippen molar-refractivity contribution in [2.24, 2.45) is 17.6 Å². The molecule has 116 valence electrons. The van der Waals surface area contributed by atoms with Gasteiger partial charge >= 0.3 is 0 Å². The van der Waals surface area contributed by atoms with Gasteiger partial charge in [0.05, 0.1) is 6.04 Å². The normalized spacial score (nSPS) is 18.9. The fourth-order valence-corrected chi connectivity index (χ4v) is 2.72. The highest BCUT2D eigenvalue weighted by molar-refractivity contribution is 5.82. The van der Waals surface area contributed by atoms with Crippen LogP contribution in [0.3, 0.4) is 0 Å². The van der Waals surface area contributed by atoms with Gasteiger partial charge in [0.15, 0.2) is 0 Å². The number of carbonyl (C=O) groups excluding carboxylic acids is 1. The fourth-order valence-electron chi connectivity index (χ4n) is 2.72. The third-order valence-electron chi connectivity index (χ3n) is 4.82. The summed E-state index contributed by atoms with van der Waals surface area (Å²) in [5.74, 6) is 0.983. The molecule has 1 saturated carbocycles. The maximum absolute atomic E-state index is 12.8. The first kappa shape index (κ1) is 16.0. The van der Waals surface area contributed by atoms with Crippen molar-refractivity contribution in [3.05, 3.63) is 35.9 Å². The number of amides is 1. The molecule has 2 N–H and O–H groups in total. The Balaban J connectivity index is 2.13. The number of rotatable bonds is 7. The molecule has 1 fully saturated rings. The van der Waals surface area contributed by atoms with Crippen molar-refractivity contribution in [2.45, 2.75) is 58.7 Å². The average molecular weight is 288 g/mol. The molecule has 1 aliphatic carbocycles. The van der Waals surface area contributed by atoms with Gasteiger partial charge in [0.1, 0.15) is 0 Å². The molecule has 3 nitrogen and oxygen atoms in total. The van der Waals surface area contributed by atoms with Crippen LogP contribution >= 0.6 is 0 Å². The lowest BCUT2D eigenvalue weighted by molar-refractivity contribution is -0.137. The Morgan fingerprint density at radius 2 is 1.90 bits per heavy atom. The molecule has 0 aliphatic heterocycles. The highest BCUT2D eigenvalue weighted by Gasteiger charge is 2.36. The quantitative estimate of drug-likeness (QED) is 0.837. The number of hydrogen-bond acceptors (Lipinski definition) is 2. The summed E-state index contributed by atoms with van der Waals surface area (Å²) in [7, 11) is 0. The number of nitrogens with zero attached hydrogens (tertiary/aromatic N) is 1. The van der Waals surface area contributed by atoms with Crippen molar-refractivity contribution in [3.8, 4) is 0 Å². The molecule has 2 rings (SSSR count). The van der Waals surface area contributed by atoms with Crippen LogP contribution in [0.2, 0.25) is 0 Å². The number of hydrogen-bond donors (Lipinski definition) is 1. The second-order valence-corrected chi connectivity index (χ2v) is 6.44. The number of carbonyl (C=O) groups is 1. The van der Waals surface area contributed by atoms with E-state index in [4.69, 9.17) is 5.73 Å². The molecule has 3 atom stereocenters. The summed E-state index contributed by atoms with van der Waals surface area (Å²) in [6.45, 7) is 6.98. The van der Waals surface area contributed by atoms with Crippen LogP contribution < -0.4 is 5.73 Å². The number of benzene rings is 1. The lowest BCUT2D eigenvalue weighted by Gasteiger charge is -2.33. The Labute approximate surface area is 128 Å². The Bertz CT molecular complexity index is 456. The van der Waals surface area contributed by atoms with Crippen LogP contribution in [0, 0.1) is 11.8 Å². The van der Waals surface area contributed by atoms with Gasteiger partial charge in [-0.1, -0.05) is 50.6 Å². The Hall–Kier alpha value is -1.35. The molecular formula is C18H28N2O. The van der Waals surface area contributed by atoms with Gasteiger partial charge in [-0.25, -0.2) is 0 Å². The lowest BCUT2D eigenvalue weighted by atomic mass is 9.97. The number of nitrogens with two attached hydrogens (primary N) is 1. The van der Waals surface area contributed by atoms with E-state index in [1.54, 1.807) is 0 Å². The fraction of sp³-hybridized carbons (Fsp3) is 0.611. The first-order chi connectivity index (χ1) is 10.0. The summed E-state index contributed by atoms with van der Waals surface area (Å²) in [4.78, 5) is 14.8. The summed E-state index contributed by atoms with van der Waals surface area (Å²) in [6.07, 6.45) is 3.40. The van der Waals surface area contributed by atoms with Crippen LogP contribution in [0.25, 0.3) is 0 Å². The highest BCUT2D eigenvalue weighted by Crippen LogP contribution is 2.36. The third-order valence-corrected chi connectivity index (χ3v) is 4.82. The first-order valence-corrected chi connectivity index (χ1v) is 8.14. The average Bonchev–Trinajstić information content (AvgIpc) is 3.35. The molecule has 1 aromatic carbocycles. The van der Waals surface area contributed by atoms with Gasteiger partial charge in [-0.15, -0.1) is 0 Å². The topological polar surface area (TPSA) is 46.3 Å². The molecule has 0 bridgehead atoms. The molecule has 0 heterocycles. The lowest BCUT2D eigenvalue weighted by Crippen LogP contribution is -2.50. The Morgan fingerprint density at radius 3 is 2.43 bits per heavy atom. The molecule has 0 spiro atoms. The van der Waals surface area contributed by atoms with Gasteiger partial charge in [-0.3, -0.25) is 4.79 Å². The van der Waals surface area contributed by atoms with Crippen LogP contribution in [0.1, 0.15) is 45.6 Å². The maximum atomic E-state index is 12.8. The maximum Gasteiger partial charge on any atom is 0.240 e. The Morgan fingerprint density at radius 1 is 1.29 bits per heavy atom. The van der Waals surface area contributed by atoms with E-state index in [0.29, 0.717) is 12.5 Å². The predicted molar refractivity (Wildman–Crippen MR) is 86.6 cm³/mol. The van der Waals surface area contributed by atoms with Crippen molar-refractivity contribution in [3.63, 3.8) is 0 Å². The van der Waals surface area contributed by atoms with Crippen LogP contribution in [0.15, 0.2) is 30.3 Å². The van der Waals surface area contributed by atoms with Gasteiger partial charge in [-0.2, -0.15) is 0 Å². The van der Waals surface area contributed by atoms with E-state index < -0.39 is 0 Å². The van der Waals surface area contributed by atoms with E-state index in [-0.39, 0.29) is 23.9 Å². The summed E-state index contributed by atoms with van der Waals surface area (Å²) in [6, 6.07) is 10.1.